The largest absolute Gasteiger partial charge is 0.374 e. The molecular formula is C19H19FN6. The Morgan fingerprint density at radius 3 is 2.31 bits per heavy atom. The smallest absolute Gasteiger partial charge is 0.181 e. The van der Waals surface area contributed by atoms with Crippen LogP contribution in [-0.4, -0.2) is 51.3 Å². The molecule has 3 aromatic rings. The number of benzene rings is 2. The zero-order valence-electron chi connectivity index (χ0n) is 14.2. The number of para-hydroxylation sites is 1. The highest BCUT2D eigenvalue weighted by Crippen LogP contribution is 2.17. The molecule has 26 heavy (non-hydrogen) atoms. The Labute approximate surface area is 151 Å². The third-order valence-electron chi connectivity index (χ3n) is 4.43. The molecule has 4 rings (SSSR count). The molecule has 0 N–H and O–H groups in total. The zero-order valence-corrected chi connectivity index (χ0v) is 14.2. The van der Waals surface area contributed by atoms with Gasteiger partial charge < -0.3 is 9.80 Å². The van der Waals surface area contributed by atoms with Crippen LogP contribution in [0.15, 0.2) is 60.8 Å². The lowest BCUT2D eigenvalue weighted by Crippen LogP contribution is -2.44. The number of hydrogen-bond donors (Lipinski definition) is 0. The third kappa shape index (κ3) is 3.56. The minimum absolute atomic E-state index is 0.202. The van der Waals surface area contributed by atoms with Crippen molar-refractivity contribution in [3.05, 3.63) is 72.4 Å². The van der Waals surface area contributed by atoms with Crippen molar-refractivity contribution >= 4 is 11.8 Å². The lowest BCUT2D eigenvalue weighted by Gasteiger charge is -2.35. The van der Waals surface area contributed by atoms with E-state index in [-0.39, 0.29) is 5.82 Å². The van der Waals surface area contributed by atoms with Crippen LogP contribution in [0, 0.1) is 5.82 Å². The van der Waals surface area contributed by atoms with Gasteiger partial charge in [-0.25, -0.2) is 4.39 Å². The van der Waals surface area contributed by atoms with Gasteiger partial charge in [-0.3, -0.25) is 0 Å². The normalized spacial score (nSPS) is 15.0. The van der Waals surface area contributed by atoms with Crippen molar-refractivity contribution in [2.24, 2.45) is 0 Å². The van der Waals surface area contributed by atoms with Gasteiger partial charge in [0.05, 0.1) is 5.69 Å². The number of halogens is 1. The zero-order chi connectivity index (χ0) is 17.8. The number of nitrogens with zero attached hydrogens (tertiary/aromatic N) is 6. The Kier molecular flexibility index (Phi) is 4.59. The van der Waals surface area contributed by atoms with E-state index in [1.165, 1.54) is 12.1 Å². The van der Waals surface area contributed by atoms with Crippen LogP contribution in [-0.2, 0) is 0 Å². The minimum atomic E-state index is -0.202. The number of anilines is 1. The van der Waals surface area contributed by atoms with Crippen LogP contribution in [0.5, 0.6) is 0 Å². The summed E-state index contributed by atoms with van der Waals surface area (Å²) < 4.78 is 14.8. The fourth-order valence-electron chi connectivity index (χ4n) is 3.00. The highest BCUT2D eigenvalue weighted by Gasteiger charge is 2.15. The molecule has 1 saturated heterocycles. The first kappa shape index (κ1) is 16.3. The second-order valence-electron chi connectivity index (χ2n) is 6.10. The van der Waals surface area contributed by atoms with Crippen LogP contribution in [0.2, 0.25) is 0 Å². The van der Waals surface area contributed by atoms with Gasteiger partial charge in [-0.15, -0.1) is 5.10 Å². The molecule has 0 unspecified atom stereocenters. The van der Waals surface area contributed by atoms with E-state index in [0.29, 0.717) is 5.82 Å². The van der Waals surface area contributed by atoms with E-state index in [1.807, 2.05) is 54.7 Å². The summed E-state index contributed by atoms with van der Waals surface area (Å²) in [5.41, 5.74) is 1.99. The summed E-state index contributed by atoms with van der Waals surface area (Å²) >= 11 is 0. The first-order valence-electron chi connectivity index (χ1n) is 8.56. The SMILES string of the molecule is Fc1ccc(N2CCN(/C=C/c3nnnn3-c3ccccc3)CC2)cc1. The van der Waals surface area contributed by atoms with Crippen molar-refractivity contribution in [3.63, 3.8) is 0 Å². The van der Waals surface area contributed by atoms with Crippen molar-refractivity contribution < 1.29 is 4.39 Å². The molecule has 0 saturated carbocycles. The van der Waals surface area contributed by atoms with Crippen molar-refractivity contribution in [1.29, 1.82) is 0 Å². The second kappa shape index (κ2) is 7.35. The average Bonchev–Trinajstić information content (AvgIpc) is 3.17. The Morgan fingerprint density at radius 2 is 1.58 bits per heavy atom. The molecule has 132 valence electrons. The summed E-state index contributed by atoms with van der Waals surface area (Å²) in [5, 5.41) is 11.9. The molecule has 0 aliphatic carbocycles. The Hall–Kier alpha value is -3.22. The predicted octanol–water partition coefficient (Wildman–Crippen LogP) is 2.59. The quantitative estimate of drug-likeness (QED) is 0.724. The van der Waals surface area contributed by atoms with Gasteiger partial charge in [-0.2, -0.15) is 4.68 Å². The topological polar surface area (TPSA) is 50.1 Å². The lowest BCUT2D eigenvalue weighted by molar-refractivity contribution is 0.351. The molecule has 0 radical (unpaired) electrons. The standard InChI is InChI=1S/C19H19FN6/c20-16-6-8-17(9-7-16)25-14-12-24(13-15-25)11-10-19-21-22-23-26(19)18-4-2-1-3-5-18/h1-11H,12-15H2/b11-10+. The summed E-state index contributed by atoms with van der Waals surface area (Å²) in [5.74, 6) is 0.489. The highest BCUT2D eigenvalue weighted by atomic mass is 19.1. The first-order valence-corrected chi connectivity index (χ1v) is 8.56. The molecule has 0 bridgehead atoms. The molecule has 2 heterocycles. The van der Waals surface area contributed by atoms with Gasteiger partial charge in [0.25, 0.3) is 0 Å². The maximum atomic E-state index is 13.1. The summed E-state index contributed by atoms with van der Waals surface area (Å²) in [6.45, 7) is 3.56. The van der Waals surface area contributed by atoms with Crippen LogP contribution in [0.4, 0.5) is 10.1 Å². The van der Waals surface area contributed by atoms with E-state index in [2.05, 4.69) is 25.3 Å². The van der Waals surface area contributed by atoms with Gasteiger partial charge in [0.2, 0.25) is 0 Å². The van der Waals surface area contributed by atoms with Crippen LogP contribution in [0.3, 0.4) is 0 Å². The van der Waals surface area contributed by atoms with Crippen molar-refractivity contribution in [2.75, 3.05) is 31.1 Å². The van der Waals surface area contributed by atoms with E-state index in [0.717, 1.165) is 37.6 Å². The first-order chi connectivity index (χ1) is 12.8. The molecule has 7 heteroatoms. The lowest BCUT2D eigenvalue weighted by atomic mass is 10.2. The van der Waals surface area contributed by atoms with Crippen LogP contribution in [0.1, 0.15) is 5.82 Å². The molecule has 1 fully saturated rings. The molecular weight excluding hydrogens is 331 g/mol. The molecule has 1 aliphatic heterocycles. The van der Waals surface area contributed by atoms with Crippen molar-refractivity contribution in [1.82, 2.24) is 25.1 Å². The Balaban J connectivity index is 1.39. The molecule has 2 aromatic carbocycles. The number of rotatable bonds is 4. The molecule has 0 amide bonds. The fraction of sp³-hybridized carbons (Fsp3) is 0.211. The van der Waals surface area contributed by atoms with E-state index < -0.39 is 0 Å². The van der Waals surface area contributed by atoms with E-state index in [1.54, 1.807) is 4.68 Å². The molecule has 0 atom stereocenters. The van der Waals surface area contributed by atoms with Gasteiger partial charge in [0, 0.05) is 44.1 Å². The molecule has 1 aromatic heterocycles. The summed E-state index contributed by atoms with van der Waals surface area (Å²) in [7, 11) is 0. The van der Waals surface area contributed by atoms with E-state index in [4.69, 9.17) is 0 Å². The number of hydrogen-bond acceptors (Lipinski definition) is 5. The van der Waals surface area contributed by atoms with Gasteiger partial charge in [0.15, 0.2) is 5.82 Å². The maximum Gasteiger partial charge on any atom is 0.181 e. The van der Waals surface area contributed by atoms with Crippen molar-refractivity contribution in [3.8, 4) is 5.69 Å². The Morgan fingerprint density at radius 1 is 0.846 bits per heavy atom. The third-order valence-corrected chi connectivity index (χ3v) is 4.43. The van der Waals surface area contributed by atoms with Gasteiger partial charge in [-0.05, 0) is 46.8 Å². The minimum Gasteiger partial charge on any atom is -0.374 e. The average molecular weight is 350 g/mol. The molecule has 1 aliphatic rings. The van der Waals surface area contributed by atoms with Crippen LogP contribution >= 0.6 is 0 Å². The monoisotopic (exact) mass is 350 g/mol. The fourth-order valence-corrected chi connectivity index (χ4v) is 3.00. The number of tetrazole rings is 1. The second-order valence-corrected chi connectivity index (χ2v) is 6.10. The molecule has 0 spiro atoms. The predicted molar refractivity (Wildman–Crippen MR) is 98.4 cm³/mol. The van der Waals surface area contributed by atoms with Crippen LogP contribution in [0.25, 0.3) is 11.8 Å². The summed E-state index contributed by atoms with van der Waals surface area (Å²) in [6, 6.07) is 16.5. The number of aromatic nitrogens is 4. The van der Waals surface area contributed by atoms with E-state index >= 15 is 0 Å². The van der Waals surface area contributed by atoms with Crippen LogP contribution < -0.4 is 4.90 Å². The van der Waals surface area contributed by atoms with Gasteiger partial charge >= 0.3 is 0 Å². The van der Waals surface area contributed by atoms with E-state index in [9.17, 15) is 4.39 Å². The van der Waals surface area contributed by atoms with Gasteiger partial charge in [-0.1, -0.05) is 18.2 Å². The number of piperazine rings is 1. The maximum absolute atomic E-state index is 13.1. The summed E-state index contributed by atoms with van der Waals surface area (Å²) in [6.07, 6.45) is 3.97. The molecule has 6 nitrogen and oxygen atoms in total. The van der Waals surface area contributed by atoms with Gasteiger partial charge in [0.1, 0.15) is 5.82 Å². The summed E-state index contributed by atoms with van der Waals surface area (Å²) in [4.78, 5) is 4.50. The van der Waals surface area contributed by atoms with Crippen molar-refractivity contribution in [2.45, 2.75) is 0 Å². The Bertz CT molecular complexity index is 867. The highest BCUT2D eigenvalue weighted by molar-refractivity contribution is 5.47.